The Bertz CT molecular complexity index is 5800. The van der Waals surface area contributed by atoms with Crippen LogP contribution in [0.25, 0.3) is 55.6 Å². The molecule has 0 atom stereocenters. The molecule has 4 aliphatic heterocycles. The first-order valence-electron chi connectivity index (χ1n) is 35.7. The molecule has 4 heterocycles. The summed E-state index contributed by atoms with van der Waals surface area (Å²) in [6.45, 7) is -0.415. The molecule has 0 radical (unpaired) electrons. The van der Waals surface area contributed by atoms with Gasteiger partial charge in [-0.05, 0) is 134 Å². The summed E-state index contributed by atoms with van der Waals surface area (Å²) in [6, 6.07) is 143. The molecule has 0 saturated heterocycles. The Balaban J connectivity index is 0.894. The molecule has 0 bridgehead atoms. The molecular formula is C96H64B2N4OS. The Labute approximate surface area is 611 Å². The number of benzene rings is 16. The van der Waals surface area contributed by atoms with E-state index in [0.717, 1.165) is 146 Å². The van der Waals surface area contributed by atoms with Crippen molar-refractivity contribution in [2.45, 2.75) is 9.79 Å². The van der Waals surface area contributed by atoms with Crippen molar-refractivity contribution in [3.05, 3.63) is 388 Å². The van der Waals surface area contributed by atoms with Crippen molar-refractivity contribution >= 4 is 126 Å². The summed E-state index contributed by atoms with van der Waals surface area (Å²) in [7, 11) is 0. The van der Waals surface area contributed by atoms with Gasteiger partial charge in [0.15, 0.2) is 0 Å². The van der Waals surface area contributed by atoms with Gasteiger partial charge in [0.2, 0.25) is 6.71 Å². The molecule has 104 heavy (non-hydrogen) atoms. The molecule has 0 fully saturated rings. The highest BCUT2D eigenvalue weighted by Gasteiger charge is 2.48. The van der Waals surface area contributed by atoms with Crippen LogP contribution in [-0.2, 0) is 0 Å². The van der Waals surface area contributed by atoms with Crippen molar-refractivity contribution in [3.8, 4) is 67.1 Å². The van der Waals surface area contributed by atoms with Crippen molar-refractivity contribution in [3.63, 3.8) is 0 Å². The van der Waals surface area contributed by atoms with Crippen molar-refractivity contribution in [2.75, 3.05) is 19.6 Å². The Hall–Kier alpha value is -13.0. The summed E-state index contributed by atoms with van der Waals surface area (Å²) in [6.07, 6.45) is 0. The van der Waals surface area contributed by atoms with E-state index in [9.17, 15) is 0 Å². The molecule has 0 unspecified atom stereocenters. The molecule has 0 spiro atoms. The van der Waals surface area contributed by atoms with Gasteiger partial charge in [0.05, 0.1) is 22.7 Å². The molecule has 0 N–H and O–H groups in total. The van der Waals surface area contributed by atoms with Gasteiger partial charge < -0.3 is 24.3 Å². The molecule has 0 amide bonds. The summed E-state index contributed by atoms with van der Waals surface area (Å²) < 4.78 is 7.40. The number of hydrogen-bond donors (Lipinski definition) is 0. The Morgan fingerprint density at radius 1 is 0.240 bits per heavy atom. The average molecular weight is 1340 g/mol. The van der Waals surface area contributed by atoms with Crippen molar-refractivity contribution < 1.29 is 4.74 Å². The smallest absolute Gasteiger partial charge is 0.256 e. The third-order valence-corrected chi connectivity index (χ3v) is 22.2. The quantitative estimate of drug-likeness (QED) is 0.107. The molecule has 0 aliphatic carbocycles. The van der Waals surface area contributed by atoms with E-state index in [1.807, 2.05) is 11.8 Å². The molecule has 0 saturated carbocycles. The highest BCUT2D eigenvalue weighted by molar-refractivity contribution is 8.00. The van der Waals surface area contributed by atoms with Crippen molar-refractivity contribution in [1.29, 1.82) is 0 Å². The standard InChI is InChI=1S/C96H64B2N4OS/c1-9-33-65(34-10-1)75-49-25-28-56-84(75)101-86-64-91-83(63-82(86)98-81-55-27-30-58-89(81)103-90-61-73(59-87(101)93(90)98)99(70-43-19-6-20-44-70)71-45-21-7-22-46-71)97-80-54-26-29-57-85(80)102(96-78(68-39-15-4-16-40-68)52-32-53-79(96)69-41-17-5-18-42-69)88-60-74(62-92(104-91)94(88)97)100(72-47-23-8-24-48-72)95-76(66-35-11-2-12-36-66)50-31-51-77(95)67-37-13-3-14-38-67/h1-64H. The van der Waals surface area contributed by atoms with Crippen LogP contribution in [0.15, 0.2) is 398 Å². The van der Waals surface area contributed by atoms with Crippen LogP contribution in [0.4, 0.5) is 68.2 Å². The average Bonchev–Trinajstić information content (AvgIpc) is 0.689. The molecule has 16 aromatic carbocycles. The lowest BCUT2D eigenvalue weighted by Gasteiger charge is -2.44. The monoisotopic (exact) mass is 1340 g/mol. The van der Waals surface area contributed by atoms with Gasteiger partial charge in [0, 0.05) is 89.2 Å². The topological polar surface area (TPSA) is 22.2 Å². The summed E-state index contributed by atoms with van der Waals surface area (Å²) >= 11 is 1.90. The summed E-state index contributed by atoms with van der Waals surface area (Å²) in [5, 5.41) is 0. The fraction of sp³-hybridized carbons (Fsp3) is 0. The minimum absolute atomic E-state index is 0.206. The molecule has 4 aliphatic rings. The number of rotatable bonds is 13. The zero-order valence-corrected chi connectivity index (χ0v) is 57.5. The maximum Gasteiger partial charge on any atom is 0.256 e. The van der Waals surface area contributed by atoms with E-state index in [1.165, 1.54) is 31.6 Å². The minimum atomic E-state index is -0.209. The first-order chi connectivity index (χ1) is 51.6. The zero-order valence-electron chi connectivity index (χ0n) is 56.7. The van der Waals surface area contributed by atoms with Crippen LogP contribution in [0.2, 0.25) is 0 Å². The van der Waals surface area contributed by atoms with Crippen LogP contribution in [0, 0.1) is 0 Å². The number of hydrogen-bond acceptors (Lipinski definition) is 6. The van der Waals surface area contributed by atoms with E-state index < -0.39 is 0 Å². The SMILES string of the molecule is c1ccc(-c2ccccc2N2c3cc4c(cc3B3c5ccccc5Oc5cc(N(c6ccccc6)c6ccccc6)cc2c53)B2c3ccccc3N(c3c(-c5ccccc5)cccc3-c3ccccc3)c3cc(N(c5ccccc5)c5c(-c6ccccc6)cccc5-c5ccccc5)cc(c32)S4)cc1. The number of nitrogens with zero attached hydrogens (tertiary/aromatic N) is 4. The van der Waals surface area contributed by atoms with Gasteiger partial charge in [0.25, 0.3) is 6.71 Å². The lowest BCUT2D eigenvalue weighted by Crippen LogP contribution is -2.63. The highest BCUT2D eigenvalue weighted by atomic mass is 32.2. The largest absolute Gasteiger partial charge is 0.458 e. The molecular weight excluding hydrogens is 1280 g/mol. The lowest BCUT2D eigenvalue weighted by atomic mass is 9.31. The predicted octanol–water partition coefficient (Wildman–Crippen LogP) is 22.1. The van der Waals surface area contributed by atoms with Crippen LogP contribution in [-0.4, -0.2) is 13.4 Å². The fourth-order valence-corrected chi connectivity index (χ4v) is 17.9. The second-order valence-electron chi connectivity index (χ2n) is 27.0. The maximum atomic E-state index is 7.40. The van der Waals surface area contributed by atoms with Crippen molar-refractivity contribution in [1.82, 2.24) is 0 Å². The van der Waals surface area contributed by atoms with E-state index >= 15 is 0 Å². The third kappa shape index (κ3) is 10.2. The zero-order chi connectivity index (χ0) is 68.6. The Morgan fingerprint density at radius 2 is 0.654 bits per heavy atom. The van der Waals surface area contributed by atoms with Gasteiger partial charge in [0.1, 0.15) is 11.5 Å². The van der Waals surface area contributed by atoms with Gasteiger partial charge in [-0.1, -0.05) is 321 Å². The maximum absolute atomic E-state index is 7.40. The first-order valence-corrected chi connectivity index (χ1v) is 36.5. The van der Waals surface area contributed by atoms with Crippen LogP contribution in [0.1, 0.15) is 0 Å². The van der Waals surface area contributed by atoms with Gasteiger partial charge in [-0.2, -0.15) is 0 Å². The van der Waals surface area contributed by atoms with Crippen LogP contribution >= 0.6 is 11.8 Å². The lowest BCUT2D eigenvalue weighted by molar-refractivity contribution is 0.487. The van der Waals surface area contributed by atoms with E-state index in [2.05, 4.69) is 408 Å². The molecule has 16 aromatic rings. The summed E-state index contributed by atoms with van der Waals surface area (Å²) in [5.74, 6) is 1.68. The Kier molecular flexibility index (Phi) is 15.0. The Morgan fingerprint density at radius 3 is 1.21 bits per heavy atom. The van der Waals surface area contributed by atoms with Crippen LogP contribution in [0.3, 0.4) is 0 Å². The number of fused-ring (bicyclic) bond motifs is 8. The first kappa shape index (κ1) is 60.9. The van der Waals surface area contributed by atoms with Crippen molar-refractivity contribution in [2.24, 2.45) is 0 Å². The third-order valence-electron chi connectivity index (χ3n) is 21.1. The second-order valence-corrected chi connectivity index (χ2v) is 28.1. The van der Waals surface area contributed by atoms with Gasteiger partial charge in [-0.25, -0.2) is 0 Å². The predicted molar refractivity (Wildman–Crippen MR) is 439 cm³/mol. The van der Waals surface area contributed by atoms with Gasteiger partial charge >= 0.3 is 0 Å². The van der Waals surface area contributed by atoms with E-state index in [-0.39, 0.29) is 13.4 Å². The van der Waals surface area contributed by atoms with E-state index in [1.54, 1.807) is 0 Å². The number of para-hydroxylation sites is 8. The van der Waals surface area contributed by atoms with E-state index in [0.29, 0.717) is 0 Å². The highest BCUT2D eigenvalue weighted by Crippen LogP contribution is 2.55. The molecule has 486 valence electrons. The van der Waals surface area contributed by atoms with Gasteiger partial charge in [-0.15, -0.1) is 0 Å². The van der Waals surface area contributed by atoms with E-state index in [4.69, 9.17) is 4.74 Å². The molecule has 20 rings (SSSR count). The van der Waals surface area contributed by atoms with Gasteiger partial charge in [-0.3, -0.25) is 0 Å². The minimum Gasteiger partial charge on any atom is -0.458 e. The van der Waals surface area contributed by atoms with Crippen LogP contribution in [0.5, 0.6) is 11.5 Å². The molecule has 5 nitrogen and oxygen atoms in total. The molecule has 8 heteroatoms. The molecule has 0 aromatic heterocycles. The fourth-order valence-electron chi connectivity index (χ4n) is 16.7. The van der Waals surface area contributed by atoms with Crippen LogP contribution < -0.4 is 57.1 Å². The number of anilines is 12. The summed E-state index contributed by atoms with van der Waals surface area (Å²) in [4.78, 5) is 12.5. The number of ether oxygens (including phenoxy) is 1. The normalized spacial score (nSPS) is 12.6. The summed E-state index contributed by atoms with van der Waals surface area (Å²) in [5.41, 5.74) is 31.5. The second kappa shape index (κ2) is 25.6.